The maximum atomic E-state index is 11.8. The number of carbonyl (C=O) groups excluding carboxylic acids is 2. The van der Waals surface area contributed by atoms with E-state index in [-0.39, 0.29) is 11.8 Å². The first-order chi connectivity index (χ1) is 11.2. The third-order valence-corrected chi connectivity index (χ3v) is 4.02. The molecule has 0 unspecified atom stereocenters. The number of likely N-dealkylation sites (tertiary alicyclic amines) is 1. The second kappa shape index (κ2) is 8.53. The quantitative estimate of drug-likeness (QED) is 0.733. The van der Waals surface area contributed by atoms with Crippen molar-refractivity contribution in [1.82, 2.24) is 4.90 Å². The number of piperidine rings is 1. The van der Waals surface area contributed by atoms with Gasteiger partial charge in [0.05, 0.1) is 12.8 Å². The zero-order valence-electron chi connectivity index (χ0n) is 13.7. The summed E-state index contributed by atoms with van der Waals surface area (Å²) in [5.74, 6) is 0.693. The van der Waals surface area contributed by atoms with Crippen molar-refractivity contribution < 1.29 is 14.3 Å². The van der Waals surface area contributed by atoms with E-state index >= 15 is 0 Å². The smallest absolute Gasteiger partial charge is 0.229 e. The minimum atomic E-state index is -0.0519. The van der Waals surface area contributed by atoms with Crippen molar-refractivity contribution in [2.24, 2.45) is 5.73 Å². The van der Waals surface area contributed by atoms with Crippen LogP contribution < -0.4 is 15.4 Å². The number of methoxy groups -OCH3 is 1. The first-order valence-electron chi connectivity index (χ1n) is 8.08. The van der Waals surface area contributed by atoms with Crippen molar-refractivity contribution in [3.63, 3.8) is 0 Å². The number of benzene rings is 1. The number of rotatable bonds is 8. The molecule has 6 nitrogen and oxygen atoms in total. The Bertz CT molecular complexity index is 532. The lowest BCUT2D eigenvalue weighted by Crippen LogP contribution is -2.42. The second-order valence-corrected chi connectivity index (χ2v) is 5.59. The van der Waals surface area contributed by atoms with Crippen LogP contribution in [0.25, 0.3) is 0 Å². The van der Waals surface area contributed by atoms with Gasteiger partial charge in [-0.2, -0.15) is 0 Å². The van der Waals surface area contributed by atoms with Gasteiger partial charge in [-0.1, -0.05) is 12.1 Å². The Hall–Kier alpha value is -2.08. The first kappa shape index (κ1) is 17.3. The van der Waals surface area contributed by atoms with Gasteiger partial charge in [-0.15, -0.1) is 0 Å². The number of anilines is 1. The third-order valence-electron chi connectivity index (χ3n) is 4.02. The van der Waals surface area contributed by atoms with Crippen LogP contribution in [0.4, 0.5) is 5.69 Å². The summed E-state index contributed by atoms with van der Waals surface area (Å²) in [7, 11) is 1.64. The van der Waals surface area contributed by atoms with Gasteiger partial charge in [-0.3, -0.25) is 14.5 Å². The van der Waals surface area contributed by atoms with Crippen molar-refractivity contribution in [3.05, 3.63) is 24.3 Å². The Morgan fingerprint density at radius 1 is 1.17 bits per heavy atom. The maximum Gasteiger partial charge on any atom is 0.229 e. The van der Waals surface area contributed by atoms with E-state index in [1.54, 1.807) is 7.11 Å². The minimum absolute atomic E-state index is 0.0519. The molecule has 0 saturated carbocycles. The van der Waals surface area contributed by atoms with E-state index in [2.05, 4.69) is 4.90 Å². The summed E-state index contributed by atoms with van der Waals surface area (Å²) < 4.78 is 5.40. The Labute approximate surface area is 137 Å². The number of imide groups is 1. The van der Waals surface area contributed by atoms with Crippen molar-refractivity contribution in [1.29, 1.82) is 0 Å². The molecule has 0 atom stereocenters. The molecule has 23 heavy (non-hydrogen) atoms. The predicted octanol–water partition coefficient (Wildman–Crippen LogP) is 1.39. The molecule has 0 radical (unpaired) electrons. The average Bonchev–Trinajstić information content (AvgIpc) is 2.56. The van der Waals surface area contributed by atoms with Gasteiger partial charge in [0.1, 0.15) is 5.75 Å². The van der Waals surface area contributed by atoms with E-state index in [4.69, 9.17) is 10.5 Å². The highest BCUT2D eigenvalue weighted by Crippen LogP contribution is 2.27. The fourth-order valence-corrected chi connectivity index (χ4v) is 2.87. The predicted molar refractivity (Wildman–Crippen MR) is 89.4 cm³/mol. The summed E-state index contributed by atoms with van der Waals surface area (Å²) in [6.07, 6.45) is 2.35. The van der Waals surface area contributed by atoms with Crippen molar-refractivity contribution in [3.8, 4) is 5.75 Å². The molecular weight excluding hydrogens is 294 g/mol. The molecule has 0 bridgehead atoms. The Kier molecular flexibility index (Phi) is 6.40. The van der Waals surface area contributed by atoms with Crippen molar-refractivity contribution in [2.75, 3.05) is 38.2 Å². The molecule has 2 rings (SSSR count). The summed E-state index contributed by atoms with van der Waals surface area (Å²) in [4.78, 5) is 27.2. The van der Waals surface area contributed by atoms with E-state index in [1.807, 2.05) is 24.3 Å². The monoisotopic (exact) mass is 319 g/mol. The molecule has 0 spiro atoms. The molecule has 2 amide bonds. The van der Waals surface area contributed by atoms with Crippen molar-refractivity contribution in [2.45, 2.75) is 25.7 Å². The van der Waals surface area contributed by atoms with Crippen LogP contribution in [0.15, 0.2) is 24.3 Å². The molecule has 2 N–H and O–H groups in total. The zero-order chi connectivity index (χ0) is 16.7. The van der Waals surface area contributed by atoms with Crippen LogP contribution in [-0.4, -0.2) is 50.0 Å². The van der Waals surface area contributed by atoms with Crippen LogP contribution in [0, 0.1) is 0 Å². The number of ether oxygens (including phenoxy) is 1. The highest BCUT2D eigenvalue weighted by atomic mass is 16.5. The highest BCUT2D eigenvalue weighted by molar-refractivity contribution is 5.97. The Morgan fingerprint density at radius 3 is 2.52 bits per heavy atom. The van der Waals surface area contributed by atoms with E-state index in [1.165, 1.54) is 4.90 Å². The number of carbonyl (C=O) groups is 2. The van der Waals surface area contributed by atoms with Crippen LogP contribution in [0.5, 0.6) is 5.75 Å². The number of nitrogens with zero attached hydrogens (tertiary/aromatic N) is 2. The Balaban J connectivity index is 1.97. The number of hydrogen-bond acceptors (Lipinski definition) is 5. The van der Waals surface area contributed by atoms with Gasteiger partial charge < -0.3 is 15.4 Å². The molecule has 0 aliphatic carbocycles. The van der Waals surface area contributed by atoms with Gasteiger partial charge in [0.2, 0.25) is 11.8 Å². The van der Waals surface area contributed by atoms with Crippen LogP contribution in [-0.2, 0) is 9.59 Å². The summed E-state index contributed by atoms with van der Waals surface area (Å²) >= 11 is 0. The lowest BCUT2D eigenvalue weighted by Gasteiger charge is -2.28. The number of amides is 2. The van der Waals surface area contributed by atoms with E-state index < -0.39 is 0 Å². The number of para-hydroxylation sites is 2. The standard InChI is InChI=1S/C17H25N3O3/c1-23-15-7-3-2-6-14(15)19(13-10-18)11-5-12-20-16(21)8-4-9-17(20)22/h2-3,6-7H,4-5,8-13,18H2,1H3. The van der Waals surface area contributed by atoms with E-state index in [0.29, 0.717) is 45.4 Å². The molecular formula is C17H25N3O3. The average molecular weight is 319 g/mol. The molecule has 1 aliphatic heterocycles. The lowest BCUT2D eigenvalue weighted by atomic mass is 10.1. The van der Waals surface area contributed by atoms with Gasteiger partial charge in [-0.05, 0) is 25.0 Å². The molecule has 126 valence electrons. The van der Waals surface area contributed by atoms with Crippen LogP contribution in [0.1, 0.15) is 25.7 Å². The summed E-state index contributed by atoms with van der Waals surface area (Å²) in [5, 5.41) is 0. The minimum Gasteiger partial charge on any atom is -0.495 e. The number of nitrogens with two attached hydrogens (primary N) is 1. The normalized spacial score (nSPS) is 15.0. The van der Waals surface area contributed by atoms with Crippen LogP contribution in [0.3, 0.4) is 0 Å². The van der Waals surface area contributed by atoms with E-state index in [9.17, 15) is 9.59 Å². The fourth-order valence-electron chi connectivity index (χ4n) is 2.87. The number of hydrogen-bond donors (Lipinski definition) is 1. The van der Waals surface area contributed by atoms with Crippen LogP contribution >= 0.6 is 0 Å². The maximum absolute atomic E-state index is 11.8. The third kappa shape index (κ3) is 4.45. The SMILES string of the molecule is COc1ccccc1N(CCN)CCCN1C(=O)CCCC1=O. The zero-order valence-corrected chi connectivity index (χ0v) is 13.7. The first-order valence-corrected chi connectivity index (χ1v) is 8.08. The van der Waals surface area contributed by atoms with Gasteiger partial charge in [0.25, 0.3) is 0 Å². The van der Waals surface area contributed by atoms with Crippen molar-refractivity contribution >= 4 is 17.5 Å². The fraction of sp³-hybridized carbons (Fsp3) is 0.529. The summed E-state index contributed by atoms with van der Waals surface area (Å²) in [6.45, 7) is 2.41. The lowest BCUT2D eigenvalue weighted by molar-refractivity contribution is -0.147. The molecule has 1 fully saturated rings. The molecule has 1 aromatic rings. The van der Waals surface area contributed by atoms with E-state index in [0.717, 1.165) is 17.9 Å². The molecule has 0 aromatic heterocycles. The molecule has 1 heterocycles. The summed E-state index contributed by atoms with van der Waals surface area (Å²) in [6, 6.07) is 7.79. The highest BCUT2D eigenvalue weighted by Gasteiger charge is 2.25. The van der Waals surface area contributed by atoms with Gasteiger partial charge in [0.15, 0.2) is 0 Å². The van der Waals surface area contributed by atoms with Gasteiger partial charge in [-0.25, -0.2) is 0 Å². The second-order valence-electron chi connectivity index (χ2n) is 5.59. The molecule has 1 aromatic carbocycles. The Morgan fingerprint density at radius 2 is 1.87 bits per heavy atom. The van der Waals surface area contributed by atoms with Crippen LogP contribution in [0.2, 0.25) is 0 Å². The molecule has 6 heteroatoms. The largest absolute Gasteiger partial charge is 0.495 e. The molecule has 1 saturated heterocycles. The van der Waals surface area contributed by atoms with Gasteiger partial charge >= 0.3 is 0 Å². The summed E-state index contributed by atoms with van der Waals surface area (Å²) in [5.41, 5.74) is 6.70. The molecule has 1 aliphatic rings. The van der Waals surface area contributed by atoms with Gasteiger partial charge in [0, 0.05) is 39.0 Å². The topological polar surface area (TPSA) is 75.9 Å².